The van der Waals surface area contributed by atoms with Gasteiger partial charge in [-0.1, -0.05) is 30.3 Å². The lowest BCUT2D eigenvalue weighted by atomic mass is 10.2. The van der Waals surface area contributed by atoms with E-state index in [9.17, 15) is 9.59 Å². The summed E-state index contributed by atoms with van der Waals surface area (Å²) in [5.74, 6) is 0.359. The first kappa shape index (κ1) is 16.4. The average molecular weight is 314 g/mol. The second-order valence-electron chi connectivity index (χ2n) is 4.69. The molecule has 6 nitrogen and oxygen atoms in total. The monoisotopic (exact) mass is 314 g/mol. The SMILES string of the molecule is COc1ccc(NC(=O)CNC(=O)OCc2ccccc2)cc1. The summed E-state index contributed by atoms with van der Waals surface area (Å²) in [5, 5.41) is 5.06. The molecule has 2 amide bonds. The summed E-state index contributed by atoms with van der Waals surface area (Å²) < 4.78 is 10.0. The number of hydrogen-bond donors (Lipinski definition) is 2. The average Bonchev–Trinajstić information content (AvgIpc) is 2.60. The molecule has 0 bridgehead atoms. The summed E-state index contributed by atoms with van der Waals surface area (Å²) in [7, 11) is 1.57. The van der Waals surface area contributed by atoms with Crippen molar-refractivity contribution in [1.29, 1.82) is 0 Å². The molecule has 23 heavy (non-hydrogen) atoms. The number of anilines is 1. The molecule has 120 valence electrons. The number of carbonyl (C=O) groups is 2. The van der Waals surface area contributed by atoms with Crippen molar-refractivity contribution >= 4 is 17.7 Å². The zero-order chi connectivity index (χ0) is 16.5. The molecule has 0 aliphatic carbocycles. The largest absolute Gasteiger partial charge is 0.497 e. The van der Waals surface area contributed by atoms with Gasteiger partial charge in [0.2, 0.25) is 5.91 Å². The number of carbonyl (C=O) groups excluding carboxylic acids is 2. The third-order valence-corrected chi connectivity index (χ3v) is 2.98. The highest BCUT2D eigenvalue weighted by Crippen LogP contribution is 2.14. The fourth-order valence-electron chi connectivity index (χ4n) is 1.81. The molecule has 0 radical (unpaired) electrons. The Morgan fingerprint density at radius 1 is 1.00 bits per heavy atom. The highest BCUT2D eigenvalue weighted by Gasteiger charge is 2.07. The number of benzene rings is 2. The topological polar surface area (TPSA) is 76.7 Å². The Morgan fingerprint density at radius 3 is 2.35 bits per heavy atom. The summed E-state index contributed by atoms with van der Waals surface area (Å²) in [5.41, 5.74) is 1.50. The van der Waals surface area contributed by atoms with E-state index in [2.05, 4.69) is 10.6 Å². The molecule has 2 aromatic carbocycles. The van der Waals surface area contributed by atoms with Crippen molar-refractivity contribution in [3.63, 3.8) is 0 Å². The van der Waals surface area contributed by atoms with E-state index >= 15 is 0 Å². The molecule has 0 saturated heterocycles. The maximum atomic E-state index is 11.7. The fourth-order valence-corrected chi connectivity index (χ4v) is 1.81. The zero-order valence-electron chi connectivity index (χ0n) is 12.7. The van der Waals surface area contributed by atoms with Crippen LogP contribution in [0.25, 0.3) is 0 Å². The first-order chi connectivity index (χ1) is 11.2. The number of amides is 2. The lowest BCUT2D eigenvalue weighted by molar-refractivity contribution is -0.115. The van der Waals surface area contributed by atoms with Crippen LogP contribution in [-0.2, 0) is 16.1 Å². The number of nitrogens with one attached hydrogen (secondary N) is 2. The minimum atomic E-state index is -0.640. The van der Waals surface area contributed by atoms with Crippen LogP contribution in [0.15, 0.2) is 54.6 Å². The highest BCUT2D eigenvalue weighted by atomic mass is 16.5. The van der Waals surface area contributed by atoms with Crippen molar-refractivity contribution in [3.05, 3.63) is 60.2 Å². The van der Waals surface area contributed by atoms with Gasteiger partial charge in [0.1, 0.15) is 18.9 Å². The van der Waals surface area contributed by atoms with Crippen molar-refractivity contribution in [3.8, 4) is 5.75 Å². The molecule has 0 fully saturated rings. The Hall–Kier alpha value is -3.02. The van der Waals surface area contributed by atoms with Crippen LogP contribution in [-0.4, -0.2) is 25.7 Å². The molecule has 0 aliphatic heterocycles. The van der Waals surface area contributed by atoms with Gasteiger partial charge in [-0.25, -0.2) is 4.79 Å². The molecule has 2 N–H and O–H groups in total. The normalized spacial score (nSPS) is 9.78. The summed E-state index contributed by atoms with van der Waals surface area (Å²) in [4.78, 5) is 23.3. The summed E-state index contributed by atoms with van der Waals surface area (Å²) in [6.45, 7) is -0.00752. The Morgan fingerprint density at radius 2 is 1.70 bits per heavy atom. The van der Waals surface area contributed by atoms with Crippen molar-refractivity contribution in [2.24, 2.45) is 0 Å². The van der Waals surface area contributed by atoms with Crippen LogP contribution in [0.3, 0.4) is 0 Å². The van der Waals surface area contributed by atoms with Crippen LogP contribution in [0.2, 0.25) is 0 Å². The molecule has 0 aromatic heterocycles. The second-order valence-corrected chi connectivity index (χ2v) is 4.69. The van der Waals surface area contributed by atoms with Crippen LogP contribution in [0, 0.1) is 0 Å². The van der Waals surface area contributed by atoms with E-state index in [1.807, 2.05) is 30.3 Å². The highest BCUT2D eigenvalue weighted by molar-refractivity contribution is 5.93. The molecule has 0 aliphatic rings. The van der Waals surface area contributed by atoms with E-state index in [0.717, 1.165) is 5.56 Å². The minimum Gasteiger partial charge on any atom is -0.497 e. The van der Waals surface area contributed by atoms with Gasteiger partial charge in [-0.05, 0) is 29.8 Å². The van der Waals surface area contributed by atoms with Gasteiger partial charge < -0.3 is 20.1 Å². The van der Waals surface area contributed by atoms with E-state index < -0.39 is 6.09 Å². The Balaban J connectivity index is 1.69. The predicted molar refractivity (Wildman–Crippen MR) is 86.3 cm³/mol. The van der Waals surface area contributed by atoms with Gasteiger partial charge in [0.15, 0.2) is 0 Å². The van der Waals surface area contributed by atoms with Crippen LogP contribution in [0.4, 0.5) is 10.5 Å². The van der Waals surface area contributed by atoms with Gasteiger partial charge in [0, 0.05) is 5.69 Å². The maximum Gasteiger partial charge on any atom is 0.407 e. The molecule has 0 saturated carbocycles. The maximum absolute atomic E-state index is 11.7. The smallest absolute Gasteiger partial charge is 0.407 e. The minimum absolute atomic E-state index is 0.159. The number of ether oxygens (including phenoxy) is 2. The quantitative estimate of drug-likeness (QED) is 0.859. The molecular weight excluding hydrogens is 296 g/mol. The molecule has 0 atom stereocenters. The van der Waals surface area contributed by atoms with Crippen LogP contribution >= 0.6 is 0 Å². The van der Waals surface area contributed by atoms with Crippen molar-refractivity contribution < 1.29 is 19.1 Å². The predicted octanol–water partition coefficient (Wildman–Crippen LogP) is 2.56. The summed E-state index contributed by atoms with van der Waals surface area (Å²) in [6, 6.07) is 16.2. The number of methoxy groups -OCH3 is 1. The van der Waals surface area contributed by atoms with E-state index in [1.165, 1.54) is 0 Å². The lowest BCUT2D eigenvalue weighted by Crippen LogP contribution is -2.33. The van der Waals surface area contributed by atoms with Crippen molar-refractivity contribution in [2.45, 2.75) is 6.61 Å². The molecule has 2 rings (SSSR count). The first-order valence-corrected chi connectivity index (χ1v) is 7.06. The summed E-state index contributed by atoms with van der Waals surface area (Å²) >= 11 is 0. The standard InChI is InChI=1S/C17H18N2O4/c1-22-15-9-7-14(8-10-15)19-16(20)11-18-17(21)23-12-13-5-3-2-4-6-13/h2-10H,11-12H2,1H3,(H,18,21)(H,19,20). The van der Waals surface area contributed by atoms with Crippen molar-refractivity contribution in [2.75, 3.05) is 19.0 Å². The van der Waals surface area contributed by atoms with Crippen LogP contribution in [0.1, 0.15) is 5.56 Å². The number of hydrogen-bond acceptors (Lipinski definition) is 4. The van der Waals surface area contributed by atoms with Crippen LogP contribution < -0.4 is 15.4 Å². The second kappa shape index (κ2) is 8.43. The molecule has 0 unspecified atom stereocenters. The van der Waals surface area contributed by atoms with Gasteiger partial charge in [-0.2, -0.15) is 0 Å². The third kappa shape index (κ3) is 5.70. The van der Waals surface area contributed by atoms with Gasteiger partial charge in [-0.15, -0.1) is 0 Å². The number of alkyl carbamates (subject to hydrolysis) is 1. The number of rotatable bonds is 6. The van der Waals surface area contributed by atoms with Gasteiger partial charge in [0.25, 0.3) is 0 Å². The molecular formula is C17H18N2O4. The molecule has 0 heterocycles. The van der Waals surface area contributed by atoms with E-state index in [-0.39, 0.29) is 19.1 Å². The molecule has 0 spiro atoms. The van der Waals surface area contributed by atoms with Gasteiger partial charge in [0.05, 0.1) is 7.11 Å². The van der Waals surface area contributed by atoms with Crippen LogP contribution in [0.5, 0.6) is 5.75 Å². The first-order valence-electron chi connectivity index (χ1n) is 7.06. The fraction of sp³-hybridized carbons (Fsp3) is 0.176. The Labute approximate surface area is 134 Å². The van der Waals surface area contributed by atoms with E-state index in [1.54, 1.807) is 31.4 Å². The van der Waals surface area contributed by atoms with Gasteiger partial charge in [-0.3, -0.25) is 4.79 Å². The van der Waals surface area contributed by atoms with Crippen molar-refractivity contribution in [1.82, 2.24) is 5.32 Å². The molecule has 6 heteroatoms. The Kier molecular flexibility index (Phi) is 5.99. The van der Waals surface area contributed by atoms with E-state index in [0.29, 0.717) is 11.4 Å². The molecule has 2 aromatic rings. The van der Waals surface area contributed by atoms with Gasteiger partial charge >= 0.3 is 6.09 Å². The lowest BCUT2D eigenvalue weighted by Gasteiger charge is -2.08. The van der Waals surface area contributed by atoms with E-state index in [4.69, 9.17) is 9.47 Å². The third-order valence-electron chi connectivity index (χ3n) is 2.98. The zero-order valence-corrected chi connectivity index (χ0v) is 12.7. The summed E-state index contributed by atoms with van der Waals surface area (Å²) in [6.07, 6.45) is -0.640. The Bertz CT molecular complexity index is 641.